The fourth-order valence-electron chi connectivity index (χ4n) is 3.53. The smallest absolute Gasteiger partial charge is 0.153 e. The van der Waals surface area contributed by atoms with Gasteiger partial charge in [0.25, 0.3) is 0 Å². The summed E-state index contributed by atoms with van der Waals surface area (Å²) in [5.41, 5.74) is 3.89. The molecule has 0 amide bonds. The van der Waals surface area contributed by atoms with Crippen LogP contribution >= 0.6 is 11.3 Å². The van der Waals surface area contributed by atoms with Gasteiger partial charge in [0.05, 0.1) is 12.0 Å². The maximum absolute atomic E-state index is 6.45. The Kier molecular flexibility index (Phi) is 5.10. The summed E-state index contributed by atoms with van der Waals surface area (Å²) in [6.45, 7) is 6.66. The molecule has 2 nitrogen and oxygen atoms in total. The molecule has 28 heavy (non-hydrogen) atoms. The number of fused-ring (bicyclic) bond motifs is 1. The van der Waals surface area contributed by atoms with Crippen molar-refractivity contribution in [1.82, 2.24) is 0 Å². The second-order valence-corrected chi connectivity index (χ2v) is 8.28. The molecular weight excluding hydrogens is 364 g/mol. The number of rotatable bonds is 5. The van der Waals surface area contributed by atoms with E-state index in [-0.39, 0.29) is 0 Å². The van der Waals surface area contributed by atoms with Gasteiger partial charge in [-0.2, -0.15) is 0 Å². The van der Waals surface area contributed by atoms with Gasteiger partial charge in [-0.05, 0) is 54.3 Å². The molecule has 4 rings (SSSR count). The van der Waals surface area contributed by atoms with Gasteiger partial charge in [-0.1, -0.05) is 50.2 Å². The standard InChI is InChI=1S/C25H24O2S/c1-16(2)20-12-8-9-17(3)23(20)25-24(27-18-10-6-5-7-11-18)21-14-13-19(26-4)15-22(21)28-25/h5-16H,1-4H3. The van der Waals surface area contributed by atoms with E-state index in [4.69, 9.17) is 9.47 Å². The Morgan fingerprint density at radius 1 is 0.857 bits per heavy atom. The molecule has 0 aliphatic rings. The van der Waals surface area contributed by atoms with Crippen LogP contribution in [0.15, 0.2) is 66.7 Å². The molecule has 142 valence electrons. The Morgan fingerprint density at radius 2 is 1.64 bits per heavy atom. The minimum absolute atomic E-state index is 0.430. The average Bonchev–Trinajstić information content (AvgIpc) is 3.05. The number of aryl methyl sites for hydroxylation is 1. The molecule has 0 aliphatic carbocycles. The number of para-hydroxylation sites is 1. The van der Waals surface area contributed by atoms with Crippen molar-refractivity contribution >= 4 is 21.4 Å². The number of benzene rings is 3. The Morgan fingerprint density at radius 3 is 2.36 bits per heavy atom. The Hall–Kier alpha value is -2.78. The number of ether oxygens (including phenoxy) is 2. The summed E-state index contributed by atoms with van der Waals surface area (Å²) in [5.74, 6) is 3.06. The van der Waals surface area contributed by atoms with E-state index in [9.17, 15) is 0 Å². The molecule has 0 aliphatic heterocycles. The first-order valence-corrected chi connectivity index (χ1v) is 10.3. The summed E-state index contributed by atoms with van der Waals surface area (Å²) in [4.78, 5) is 1.17. The third-order valence-corrected chi connectivity index (χ3v) is 6.12. The Bertz CT molecular complexity index is 1110. The highest BCUT2D eigenvalue weighted by Crippen LogP contribution is 2.49. The van der Waals surface area contributed by atoms with Crippen molar-refractivity contribution in [3.8, 4) is 27.7 Å². The van der Waals surface area contributed by atoms with Crippen LogP contribution in [0.2, 0.25) is 0 Å². The van der Waals surface area contributed by atoms with E-state index in [0.29, 0.717) is 5.92 Å². The summed E-state index contributed by atoms with van der Waals surface area (Å²) in [7, 11) is 1.70. The second kappa shape index (κ2) is 7.69. The van der Waals surface area contributed by atoms with Crippen molar-refractivity contribution < 1.29 is 9.47 Å². The van der Waals surface area contributed by atoms with E-state index in [0.717, 1.165) is 22.6 Å². The number of methoxy groups -OCH3 is 1. The Labute approximate surface area is 170 Å². The van der Waals surface area contributed by atoms with Crippen LogP contribution in [0.3, 0.4) is 0 Å². The molecule has 3 aromatic carbocycles. The first kappa shape index (κ1) is 18.6. The average molecular weight is 389 g/mol. The van der Waals surface area contributed by atoms with Crippen LogP contribution in [0.5, 0.6) is 17.2 Å². The van der Waals surface area contributed by atoms with Gasteiger partial charge in [-0.15, -0.1) is 11.3 Å². The topological polar surface area (TPSA) is 18.5 Å². The highest BCUT2D eigenvalue weighted by Gasteiger charge is 2.21. The van der Waals surface area contributed by atoms with Gasteiger partial charge >= 0.3 is 0 Å². The number of thiophene rings is 1. The fraction of sp³-hybridized carbons (Fsp3) is 0.200. The van der Waals surface area contributed by atoms with Crippen molar-refractivity contribution in [3.63, 3.8) is 0 Å². The zero-order chi connectivity index (χ0) is 19.7. The monoisotopic (exact) mass is 388 g/mol. The summed E-state index contributed by atoms with van der Waals surface area (Å²) in [6.07, 6.45) is 0. The van der Waals surface area contributed by atoms with Crippen LogP contribution in [-0.4, -0.2) is 7.11 Å². The molecule has 0 saturated carbocycles. The summed E-state index contributed by atoms with van der Waals surface area (Å²) < 4.78 is 13.1. The van der Waals surface area contributed by atoms with Crippen molar-refractivity contribution in [2.75, 3.05) is 7.11 Å². The SMILES string of the molecule is COc1ccc2c(Oc3ccccc3)c(-c3c(C)cccc3C(C)C)sc2c1. The van der Waals surface area contributed by atoms with Gasteiger partial charge in [0.15, 0.2) is 5.75 Å². The number of hydrogen-bond donors (Lipinski definition) is 0. The molecule has 0 fully saturated rings. The molecule has 0 atom stereocenters. The normalized spacial score (nSPS) is 11.2. The van der Waals surface area contributed by atoms with Crippen LogP contribution in [-0.2, 0) is 0 Å². The maximum atomic E-state index is 6.45. The van der Waals surface area contributed by atoms with Crippen LogP contribution in [0.25, 0.3) is 20.5 Å². The lowest BCUT2D eigenvalue weighted by atomic mass is 9.92. The van der Waals surface area contributed by atoms with Crippen LogP contribution < -0.4 is 9.47 Å². The van der Waals surface area contributed by atoms with Crippen molar-refractivity contribution in [3.05, 3.63) is 77.9 Å². The fourth-order valence-corrected chi connectivity index (χ4v) is 4.83. The molecule has 1 aromatic heterocycles. The lowest BCUT2D eigenvalue weighted by Crippen LogP contribution is -1.95. The first-order chi connectivity index (χ1) is 13.6. The van der Waals surface area contributed by atoms with Crippen LogP contribution in [0.1, 0.15) is 30.9 Å². The molecule has 0 radical (unpaired) electrons. The molecule has 0 spiro atoms. The first-order valence-electron chi connectivity index (χ1n) is 9.51. The van der Waals surface area contributed by atoms with Crippen molar-refractivity contribution in [2.45, 2.75) is 26.7 Å². The summed E-state index contributed by atoms with van der Waals surface area (Å²) in [6, 6.07) is 22.7. The quantitative estimate of drug-likeness (QED) is 0.347. The van der Waals surface area contributed by atoms with Crippen molar-refractivity contribution in [1.29, 1.82) is 0 Å². The predicted molar refractivity (Wildman–Crippen MR) is 119 cm³/mol. The lowest BCUT2D eigenvalue weighted by molar-refractivity contribution is 0.415. The lowest BCUT2D eigenvalue weighted by Gasteiger charge is -2.16. The van der Waals surface area contributed by atoms with E-state index in [1.165, 1.54) is 26.3 Å². The van der Waals surface area contributed by atoms with Crippen molar-refractivity contribution in [2.24, 2.45) is 0 Å². The Balaban J connectivity index is 1.99. The molecule has 3 heteroatoms. The summed E-state index contributed by atoms with van der Waals surface area (Å²) >= 11 is 1.77. The summed E-state index contributed by atoms with van der Waals surface area (Å²) in [5, 5.41) is 1.11. The molecule has 0 saturated heterocycles. The van der Waals surface area contributed by atoms with E-state index >= 15 is 0 Å². The predicted octanol–water partition coefficient (Wildman–Crippen LogP) is 7.80. The van der Waals surface area contributed by atoms with E-state index in [1.807, 2.05) is 36.4 Å². The zero-order valence-electron chi connectivity index (χ0n) is 16.7. The van der Waals surface area contributed by atoms with E-state index in [2.05, 4.69) is 51.1 Å². The van der Waals surface area contributed by atoms with Gasteiger partial charge in [-0.3, -0.25) is 0 Å². The van der Waals surface area contributed by atoms with Gasteiger partial charge < -0.3 is 9.47 Å². The molecule has 0 bridgehead atoms. The third kappa shape index (κ3) is 3.38. The van der Waals surface area contributed by atoms with Crippen LogP contribution in [0, 0.1) is 6.92 Å². The van der Waals surface area contributed by atoms with Gasteiger partial charge in [0.1, 0.15) is 11.5 Å². The molecule has 0 N–H and O–H groups in total. The minimum Gasteiger partial charge on any atom is -0.497 e. The van der Waals surface area contributed by atoms with Gasteiger partial charge in [-0.25, -0.2) is 0 Å². The largest absolute Gasteiger partial charge is 0.497 e. The van der Waals surface area contributed by atoms with Gasteiger partial charge in [0, 0.05) is 15.6 Å². The van der Waals surface area contributed by atoms with Crippen LogP contribution in [0.4, 0.5) is 0 Å². The molecule has 1 heterocycles. The zero-order valence-corrected chi connectivity index (χ0v) is 17.5. The maximum Gasteiger partial charge on any atom is 0.153 e. The second-order valence-electron chi connectivity index (χ2n) is 7.23. The molecule has 0 unspecified atom stereocenters. The van der Waals surface area contributed by atoms with E-state index in [1.54, 1.807) is 18.4 Å². The molecular formula is C25H24O2S. The highest BCUT2D eigenvalue weighted by molar-refractivity contribution is 7.22. The molecule has 4 aromatic rings. The van der Waals surface area contributed by atoms with E-state index < -0.39 is 0 Å². The van der Waals surface area contributed by atoms with Gasteiger partial charge in [0.2, 0.25) is 0 Å². The number of hydrogen-bond acceptors (Lipinski definition) is 3. The highest BCUT2D eigenvalue weighted by atomic mass is 32.1. The minimum atomic E-state index is 0.430. The third-order valence-electron chi connectivity index (χ3n) is 4.97.